The Hall–Kier alpha value is -1.63. The molecule has 0 bridgehead atoms. The Labute approximate surface area is 107 Å². The molecular formula is C11H12FNO4S. The third-order valence-electron chi connectivity index (χ3n) is 2.22. The van der Waals surface area contributed by atoms with Gasteiger partial charge in [-0.25, -0.2) is 4.39 Å². The second-order valence-corrected chi connectivity index (χ2v) is 5.17. The number of carbonyl (C=O) groups is 1. The van der Waals surface area contributed by atoms with Gasteiger partial charge in [0.25, 0.3) is 5.69 Å². The fourth-order valence-electron chi connectivity index (χ4n) is 1.34. The minimum absolute atomic E-state index is 0.155. The molecule has 0 spiro atoms. The number of halogens is 1. The molecule has 0 saturated carbocycles. The van der Waals surface area contributed by atoms with Crippen LogP contribution >= 0.6 is 11.8 Å². The summed E-state index contributed by atoms with van der Waals surface area (Å²) < 4.78 is 12.9. The Morgan fingerprint density at radius 3 is 2.56 bits per heavy atom. The van der Waals surface area contributed by atoms with Crippen molar-refractivity contribution in [2.75, 3.05) is 0 Å². The van der Waals surface area contributed by atoms with Crippen molar-refractivity contribution in [1.82, 2.24) is 0 Å². The van der Waals surface area contributed by atoms with Crippen molar-refractivity contribution in [3.05, 3.63) is 34.1 Å². The summed E-state index contributed by atoms with van der Waals surface area (Å²) in [6.07, 6.45) is 0. The summed E-state index contributed by atoms with van der Waals surface area (Å²) >= 11 is 0.861. The number of nitro benzene ring substituents is 1. The number of aliphatic carboxylic acids is 1. The average Bonchev–Trinajstić information content (AvgIpc) is 2.25. The lowest BCUT2D eigenvalue weighted by Gasteiger charge is -2.15. The zero-order chi connectivity index (χ0) is 13.9. The molecule has 1 N–H and O–H groups in total. The molecule has 98 valence electrons. The molecule has 1 aromatic carbocycles. The summed E-state index contributed by atoms with van der Waals surface area (Å²) in [6, 6.07) is 3.10. The highest BCUT2D eigenvalue weighted by atomic mass is 32.2. The minimum Gasteiger partial charge on any atom is -0.480 e. The third kappa shape index (κ3) is 3.43. The maximum Gasteiger partial charge on any atom is 0.317 e. The van der Waals surface area contributed by atoms with Crippen LogP contribution in [-0.4, -0.2) is 21.2 Å². The van der Waals surface area contributed by atoms with E-state index in [1.54, 1.807) is 13.8 Å². The highest BCUT2D eigenvalue weighted by Gasteiger charge is 2.26. The Morgan fingerprint density at radius 2 is 2.11 bits per heavy atom. The van der Waals surface area contributed by atoms with Crippen LogP contribution in [0, 0.1) is 21.8 Å². The van der Waals surface area contributed by atoms with Gasteiger partial charge in [0.1, 0.15) is 11.1 Å². The molecule has 1 unspecified atom stereocenters. The van der Waals surface area contributed by atoms with Gasteiger partial charge in [0.15, 0.2) is 0 Å². The quantitative estimate of drug-likeness (QED) is 0.507. The first-order valence-corrected chi connectivity index (χ1v) is 6.04. The van der Waals surface area contributed by atoms with Gasteiger partial charge in [0.2, 0.25) is 0 Å². The molecule has 0 radical (unpaired) electrons. The van der Waals surface area contributed by atoms with Crippen molar-refractivity contribution in [3.63, 3.8) is 0 Å². The first-order valence-electron chi connectivity index (χ1n) is 5.16. The van der Waals surface area contributed by atoms with E-state index in [4.69, 9.17) is 5.11 Å². The Morgan fingerprint density at radius 1 is 1.50 bits per heavy atom. The van der Waals surface area contributed by atoms with Crippen LogP contribution in [0.2, 0.25) is 0 Å². The number of benzene rings is 1. The molecule has 0 aromatic heterocycles. The molecule has 0 aliphatic carbocycles. The normalized spacial score (nSPS) is 12.4. The summed E-state index contributed by atoms with van der Waals surface area (Å²) in [5.74, 6) is -1.96. The number of carboxylic acid groups (broad SMARTS) is 1. The molecule has 0 aliphatic heterocycles. The van der Waals surface area contributed by atoms with Gasteiger partial charge in [-0.05, 0) is 18.1 Å². The lowest BCUT2D eigenvalue weighted by Crippen LogP contribution is -2.22. The number of rotatable bonds is 5. The van der Waals surface area contributed by atoms with Crippen molar-refractivity contribution in [2.24, 2.45) is 5.92 Å². The molecule has 1 rings (SSSR count). The van der Waals surface area contributed by atoms with Crippen molar-refractivity contribution in [2.45, 2.75) is 24.0 Å². The number of hydrogen-bond acceptors (Lipinski definition) is 4. The first-order chi connectivity index (χ1) is 8.32. The van der Waals surface area contributed by atoms with E-state index in [-0.39, 0.29) is 10.8 Å². The van der Waals surface area contributed by atoms with Crippen LogP contribution in [0.15, 0.2) is 23.1 Å². The predicted octanol–water partition coefficient (Wildman–Crippen LogP) is 2.94. The van der Waals surface area contributed by atoms with E-state index in [2.05, 4.69) is 0 Å². The molecule has 7 heteroatoms. The molecule has 18 heavy (non-hydrogen) atoms. The van der Waals surface area contributed by atoms with E-state index in [0.717, 1.165) is 23.9 Å². The van der Waals surface area contributed by atoms with Crippen molar-refractivity contribution in [1.29, 1.82) is 0 Å². The second kappa shape index (κ2) is 5.81. The van der Waals surface area contributed by atoms with E-state index in [1.807, 2.05) is 0 Å². The van der Waals surface area contributed by atoms with Crippen molar-refractivity contribution < 1.29 is 19.2 Å². The maximum atomic E-state index is 12.9. The van der Waals surface area contributed by atoms with Crippen LogP contribution in [-0.2, 0) is 4.79 Å². The number of hydrogen-bond donors (Lipinski definition) is 1. The molecule has 0 saturated heterocycles. The smallest absolute Gasteiger partial charge is 0.317 e. The van der Waals surface area contributed by atoms with Gasteiger partial charge >= 0.3 is 5.97 Å². The summed E-state index contributed by atoms with van der Waals surface area (Å²) in [4.78, 5) is 21.2. The van der Waals surface area contributed by atoms with Crippen molar-refractivity contribution >= 4 is 23.4 Å². The molecule has 0 fully saturated rings. The van der Waals surface area contributed by atoms with E-state index in [0.29, 0.717) is 0 Å². The third-order valence-corrected chi connectivity index (χ3v) is 3.82. The van der Waals surface area contributed by atoms with E-state index in [1.165, 1.54) is 6.07 Å². The van der Waals surface area contributed by atoms with Crippen LogP contribution in [0.5, 0.6) is 0 Å². The van der Waals surface area contributed by atoms with Gasteiger partial charge in [-0.15, -0.1) is 11.8 Å². The fourth-order valence-corrected chi connectivity index (χ4v) is 2.39. The van der Waals surface area contributed by atoms with Gasteiger partial charge in [-0.1, -0.05) is 13.8 Å². The summed E-state index contributed by atoms with van der Waals surface area (Å²) in [5, 5.41) is 19.0. The van der Waals surface area contributed by atoms with Gasteiger partial charge in [-0.2, -0.15) is 0 Å². The number of thioether (sulfide) groups is 1. The highest BCUT2D eigenvalue weighted by Crippen LogP contribution is 2.35. The number of nitrogens with zero attached hydrogens (tertiary/aromatic N) is 1. The standard InChI is InChI=1S/C11H12FNO4S/c1-6(2)10(11(14)15)18-9-4-3-7(12)5-8(9)13(16)17/h3-6,10H,1-2H3,(H,14,15). The lowest BCUT2D eigenvalue weighted by molar-refractivity contribution is -0.387. The Balaban J connectivity index is 3.10. The zero-order valence-corrected chi connectivity index (χ0v) is 10.6. The Kier molecular flexibility index (Phi) is 4.66. The lowest BCUT2D eigenvalue weighted by atomic mass is 10.1. The minimum atomic E-state index is -1.05. The summed E-state index contributed by atoms with van der Waals surface area (Å²) in [5.41, 5.74) is -0.410. The summed E-state index contributed by atoms with van der Waals surface area (Å²) in [7, 11) is 0. The Bertz CT molecular complexity index is 478. The first kappa shape index (κ1) is 14.4. The number of nitro groups is 1. The van der Waals surface area contributed by atoms with Crippen LogP contribution in [0.1, 0.15) is 13.8 Å². The molecule has 0 aliphatic rings. The molecule has 1 aromatic rings. The van der Waals surface area contributed by atoms with Crippen LogP contribution in [0.4, 0.5) is 10.1 Å². The fraction of sp³-hybridized carbons (Fsp3) is 0.364. The van der Waals surface area contributed by atoms with E-state index in [9.17, 15) is 19.3 Å². The van der Waals surface area contributed by atoms with Gasteiger partial charge in [0, 0.05) is 0 Å². The van der Waals surface area contributed by atoms with Crippen LogP contribution in [0.25, 0.3) is 0 Å². The number of carboxylic acids is 1. The molecular weight excluding hydrogens is 261 g/mol. The molecule has 1 atom stereocenters. The largest absolute Gasteiger partial charge is 0.480 e. The van der Waals surface area contributed by atoms with E-state index >= 15 is 0 Å². The van der Waals surface area contributed by atoms with Gasteiger partial charge < -0.3 is 5.11 Å². The predicted molar refractivity (Wildman–Crippen MR) is 65.2 cm³/mol. The van der Waals surface area contributed by atoms with Crippen LogP contribution in [0.3, 0.4) is 0 Å². The van der Waals surface area contributed by atoms with E-state index < -0.39 is 27.6 Å². The average molecular weight is 273 g/mol. The molecule has 0 heterocycles. The topological polar surface area (TPSA) is 80.4 Å². The SMILES string of the molecule is CC(C)C(Sc1ccc(F)cc1[N+](=O)[O-])C(=O)O. The van der Waals surface area contributed by atoms with Crippen molar-refractivity contribution in [3.8, 4) is 0 Å². The summed E-state index contributed by atoms with van der Waals surface area (Å²) in [6.45, 7) is 3.42. The zero-order valence-electron chi connectivity index (χ0n) is 9.79. The second-order valence-electron chi connectivity index (χ2n) is 3.99. The molecule has 0 amide bonds. The highest BCUT2D eigenvalue weighted by molar-refractivity contribution is 8.00. The monoisotopic (exact) mass is 273 g/mol. The van der Waals surface area contributed by atoms with Gasteiger partial charge in [0.05, 0.1) is 15.9 Å². The van der Waals surface area contributed by atoms with Gasteiger partial charge in [-0.3, -0.25) is 14.9 Å². The van der Waals surface area contributed by atoms with Crippen LogP contribution < -0.4 is 0 Å². The molecule has 5 nitrogen and oxygen atoms in total. The maximum absolute atomic E-state index is 12.9.